The standard InChI is InChI=1S/C10H10F2N2O4/c1-3-18-10(15)7-5(2)4-6(14(16)17)8(13-7)9(11)12/h4,9H,3H2,1-2H3. The maximum atomic E-state index is 12.6. The Morgan fingerprint density at radius 1 is 1.61 bits per heavy atom. The van der Waals surface area contributed by atoms with Crippen molar-refractivity contribution in [2.45, 2.75) is 20.3 Å². The van der Waals surface area contributed by atoms with Crippen LogP contribution in [0.3, 0.4) is 0 Å². The number of esters is 1. The molecule has 0 fully saturated rings. The number of halogens is 2. The maximum Gasteiger partial charge on any atom is 0.357 e. The Hall–Kier alpha value is -2.12. The van der Waals surface area contributed by atoms with E-state index in [9.17, 15) is 23.7 Å². The van der Waals surface area contributed by atoms with Gasteiger partial charge in [0.25, 0.3) is 12.1 Å². The molecule has 0 radical (unpaired) electrons. The zero-order valence-corrected chi connectivity index (χ0v) is 9.65. The number of hydrogen-bond acceptors (Lipinski definition) is 5. The predicted molar refractivity (Wildman–Crippen MR) is 56.5 cm³/mol. The summed E-state index contributed by atoms with van der Waals surface area (Å²) in [5.41, 5.74) is -2.06. The van der Waals surface area contributed by atoms with E-state index in [1.165, 1.54) is 6.92 Å². The van der Waals surface area contributed by atoms with E-state index < -0.39 is 28.7 Å². The van der Waals surface area contributed by atoms with Crippen LogP contribution in [0.4, 0.5) is 14.5 Å². The van der Waals surface area contributed by atoms with Crippen LogP contribution in [0.25, 0.3) is 0 Å². The summed E-state index contributed by atoms with van der Waals surface area (Å²) in [5, 5.41) is 10.6. The molecular formula is C10H10F2N2O4. The summed E-state index contributed by atoms with van der Waals surface area (Å²) in [5.74, 6) is -0.883. The van der Waals surface area contributed by atoms with Gasteiger partial charge in [0.1, 0.15) is 0 Å². The maximum absolute atomic E-state index is 12.6. The number of aromatic nitrogens is 1. The minimum atomic E-state index is -3.14. The van der Waals surface area contributed by atoms with Gasteiger partial charge in [0.05, 0.1) is 11.5 Å². The first kappa shape index (κ1) is 13.9. The van der Waals surface area contributed by atoms with E-state index in [1.807, 2.05) is 0 Å². The number of carbonyl (C=O) groups is 1. The first-order chi connectivity index (χ1) is 8.38. The second-order valence-electron chi connectivity index (χ2n) is 3.34. The van der Waals surface area contributed by atoms with Crippen molar-refractivity contribution in [1.82, 2.24) is 4.98 Å². The van der Waals surface area contributed by atoms with Gasteiger partial charge in [-0.3, -0.25) is 10.1 Å². The summed E-state index contributed by atoms with van der Waals surface area (Å²) in [7, 11) is 0. The molecular weight excluding hydrogens is 250 g/mol. The van der Waals surface area contributed by atoms with Crippen molar-refractivity contribution in [3.63, 3.8) is 0 Å². The van der Waals surface area contributed by atoms with E-state index in [2.05, 4.69) is 9.72 Å². The molecule has 0 N–H and O–H groups in total. The van der Waals surface area contributed by atoms with Gasteiger partial charge in [0, 0.05) is 6.07 Å². The molecule has 0 saturated heterocycles. The molecule has 0 aromatic carbocycles. The number of hydrogen-bond donors (Lipinski definition) is 0. The van der Waals surface area contributed by atoms with E-state index in [0.717, 1.165) is 6.07 Å². The molecule has 1 aromatic heterocycles. The first-order valence-corrected chi connectivity index (χ1v) is 4.99. The van der Waals surface area contributed by atoms with Crippen molar-refractivity contribution < 1.29 is 23.2 Å². The molecule has 1 heterocycles. The molecule has 0 saturated carbocycles. The number of pyridine rings is 1. The van der Waals surface area contributed by atoms with Crippen LogP contribution >= 0.6 is 0 Å². The smallest absolute Gasteiger partial charge is 0.357 e. The van der Waals surface area contributed by atoms with Gasteiger partial charge in [0.2, 0.25) is 0 Å². The third-order valence-electron chi connectivity index (χ3n) is 2.09. The fourth-order valence-corrected chi connectivity index (χ4v) is 1.33. The summed E-state index contributed by atoms with van der Waals surface area (Å²) in [6.07, 6.45) is -3.14. The van der Waals surface area contributed by atoms with Gasteiger partial charge in [-0.1, -0.05) is 0 Å². The molecule has 0 aliphatic rings. The molecule has 8 heteroatoms. The molecule has 0 aliphatic heterocycles. The Kier molecular flexibility index (Phi) is 4.24. The van der Waals surface area contributed by atoms with E-state index >= 15 is 0 Å². The minimum absolute atomic E-state index is 0.0565. The van der Waals surface area contributed by atoms with Gasteiger partial charge in [-0.25, -0.2) is 18.6 Å². The summed E-state index contributed by atoms with van der Waals surface area (Å²) in [4.78, 5) is 24.4. The quantitative estimate of drug-likeness (QED) is 0.471. The van der Waals surface area contributed by atoms with Crippen LogP contribution in [0, 0.1) is 17.0 Å². The number of aryl methyl sites for hydroxylation is 1. The lowest BCUT2D eigenvalue weighted by Gasteiger charge is -2.07. The van der Waals surface area contributed by atoms with Gasteiger partial charge in [0.15, 0.2) is 11.4 Å². The van der Waals surface area contributed by atoms with Crippen molar-refractivity contribution in [3.05, 3.63) is 33.1 Å². The fourth-order valence-electron chi connectivity index (χ4n) is 1.33. The topological polar surface area (TPSA) is 82.3 Å². The summed E-state index contributed by atoms with van der Waals surface area (Å²) >= 11 is 0. The first-order valence-electron chi connectivity index (χ1n) is 4.99. The van der Waals surface area contributed by atoms with E-state index in [-0.39, 0.29) is 17.9 Å². The Bertz CT molecular complexity index is 491. The van der Waals surface area contributed by atoms with Crippen molar-refractivity contribution in [1.29, 1.82) is 0 Å². The van der Waals surface area contributed by atoms with Crippen LogP contribution in [-0.4, -0.2) is 22.5 Å². The van der Waals surface area contributed by atoms with Crippen LogP contribution in [0.1, 0.15) is 35.1 Å². The van der Waals surface area contributed by atoms with Gasteiger partial charge in [-0.05, 0) is 19.4 Å². The zero-order valence-electron chi connectivity index (χ0n) is 9.65. The lowest BCUT2D eigenvalue weighted by molar-refractivity contribution is -0.386. The van der Waals surface area contributed by atoms with E-state index in [4.69, 9.17) is 0 Å². The van der Waals surface area contributed by atoms with E-state index in [0.29, 0.717) is 0 Å². The highest BCUT2D eigenvalue weighted by atomic mass is 19.3. The van der Waals surface area contributed by atoms with Gasteiger partial charge >= 0.3 is 5.97 Å². The van der Waals surface area contributed by atoms with Crippen LogP contribution < -0.4 is 0 Å². The average molecular weight is 260 g/mol. The number of rotatable bonds is 4. The van der Waals surface area contributed by atoms with Crippen molar-refractivity contribution >= 4 is 11.7 Å². The SMILES string of the molecule is CCOC(=O)c1nc(C(F)F)c([N+](=O)[O-])cc1C. The number of ether oxygens (including phenoxy) is 1. The highest BCUT2D eigenvalue weighted by Crippen LogP contribution is 2.28. The Labute approximate surface area is 101 Å². The van der Waals surface area contributed by atoms with Crippen molar-refractivity contribution in [2.24, 2.45) is 0 Å². The number of nitro groups is 1. The number of carbonyl (C=O) groups excluding carboxylic acids is 1. The molecule has 18 heavy (non-hydrogen) atoms. The summed E-state index contributed by atoms with van der Waals surface area (Å²) in [6, 6.07) is 0.890. The lowest BCUT2D eigenvalue weighted by atomic mass is 10.1. The number of nitrogens with zero attached hydrogens (tertiary/aromatic N) is 2. The highest BCUT2D eigenvalue weighted by Gasteiger charge is 2.27. The second kappa shape index (κ2) is 5.48. The molecule has 98 valence electrons. The summed E-state index contributed by atoms with van der Waals surface area (Å²) in [6.45, 7) is 2.97. The molecule has 0 unspecified atom stereocenters. The minimum Gasteiger partial charge on any atom is -0.461 e. The van der Waals surface area contributed by atoms with Crippen LogP contribution in [0.2, 0.25) is 0 Å². The molecule has 1 aromatic rings. The molecule has 0 spiro atoms. The largest absolute Gasteiger partial charge is 0.461 e. The van der Waals surface area contributed by atoms with Crippen molar-refractivity contribution in [2.75, 3.05) is 6.61 Å². The second-order valence-corrected chi connectivity index (χ2v) is 3.34. The predicted octanol–water partition coefficient (Wildman–Crippen LogP) is 2.41. The molecule has 0 atom stereocenters. The Morgan fingerprint density at radius 3 is 2.67 bits per heavy atom. The zero-order chi connectivity index (χ0) is 13.9. The molecule has 0 aliphatic carbocycles. The molecule has 1 rings (SSSR count). The Morgan fingerprint density at radius 2 is 2.22 bits per heavy atom. The molecule has 6 nitrogen and oxygen atoms in total. The fraction of sp³-hybridized carbons (Fsp3) is 0.400. The third kappa shape index (κ3) is 2.76. The summed E-state index contributed by atoms with van der Waals surface area (Å²) < 4.78 is 29.9. The normalized spacial score (nSPS) is 10.5. The van der Waals surface area contributed by atoms with Crippen LogP contribution in [0.15, 0.2) is 6.07 Å². The molecule has 0 amide bonds. The molecule has 0 bridgehead atoms. The lowest BCUT2D eigenvalue weighted by Crippen LogP contribution is -2.12. The van der Waals surface area contributed by atoms with Gasteiger partial charge in [-0.15, -0.1) is 0 Å². The third-order valence-corrected chi connectivity index (χ3v) is 2.09. The highest BCUT2D eigenvalue weighted by molar-refractivity contribution is 5.89. The average Bonchev–Trinajstić information content (AvgIpc) is 2.28. The van der Waals surface area contributed by atoms with E-state index in [1.54, 1.807) is 6.92 Å². The monoisotopic (exact) mass is 260 g/mol. The van der Waals surface area contributed by atoms with Crippen molar-refractivity contribution in [3.8, 4) is 0 Å². The van der Waals surface area contributed by atoms with Gasteiger partial charge in [-0.2, -0.15) is 0 Å². The Balaban J connectivity index is 3.36. The van der Waals surface area contributed by atoms with Crippen LogP contribution in [-0.2, 0) is 4.74 Å². The van der Waals surface area contributed by atoms with Crippen LogP contribution in [0.5, 0.6) is 0 Å². The van der Waals surface area contributed by atoms with Gasteiger partial charge < -0.3 is 4.74 Å². The number of alkyl halides is 2.